The normalized spacial score (nSPS) is 16.4. The highest BCUT2D eigenvalue weighted by Gasteiger charge is 2.35. The second-order valence-corrected chi connectivity index (χ2v) is 5.15. The van der Waals surface area contributed by atoms with Crippen LogP contribution < -0.4 is 5.73 Å². The molecule has 1 aromatic carbocycles. The lowest BCUT2D eigenvalue weighted by Gasteiger charge is -2.02. The minimum Gasteiger partial charge on any atom is -0.465 e. The second kappa shape index (κ2) is 3.34. The molecule has 84 valence electrons. The van der Waals surface area contributed by atoms with Crippen molar-refractivity contribution >= 4 is 27.6 Å². The first kappa shape index (κ1) is 10.7. The van der Waals surface area contributed by atoms with E-state index in [0.717, 1.165) is 7.11 Å². The monoisotopic (exact) mass is 239 g/mol. The maximum absolute atomic E-state index is 11.9. The zero-order valence-electron chi connectivity index (χ0n) is 8.43. The molecule has 2 rings (SSSR count). The van der Waals surface area contributed by atoms with E-state index in [1.807, 2.05) is 0 Å². The molecule has 0 spiro atoms. The lowest BCUT2D eigenvalue weighted by atomic mass is 10.2. The van der Waals surface area contributed by atoms with Crippen LogP contribution in [0.15, 0.2) is 28.0 Å². The summed E-state index contributed by atoms with van der Waals surface area (Å²) in [7, 11) is -2.64. The highest BCUT2D eigenvalue weighted by molar-refractivity contribution is 7.96. The molecule has 0 aromatic heterocycles. The Morgan fingerprint density at radius 1 is 1.38 bits per heavy atom. The molecule has 0 fully saturated rings. The zero-order chi connectivity index (χ0) is 11.9. The predicted octanol–water partition coefficient (Wildman–Crippen LogP) is 0.570. The van der Waals surface area contributed by atoms with Crippen molar-refractivity contribution in [3.8, 4) is 0 Å². The lowest BCUT2D eigenvalue weighted by molar-refractivity contribution is -0.135. The van der Waals surface area contributed by atoms with Gasteiger partial charge in [-0.15, -0.1) is 0 Å². The van der Waals surface area contributed by atoms with Gasteiger partial charge >= 0.3 is 5.97 Å². The van der Waals surface area contributed by atoms with E-state index in [2.05, 4.69) is 4.74 Å². The number of carbonyl (C=O) groups excluding carboxylic acids is 1. The van der Waals surface area contributed by atoms with Gasteiger partial charge in [-0.1, -0.05) is 6.07 Å². The molecule has 0 bridgehead atoms. The highest BCUT2D eigenvalue weighted by atomic mass is 32.2. The number of nitrogen functional groups attached to an aromatic ring is 1. The summed E-state index contributed by atoms with van der Waals surface area (Å²) in [5.41, 5.74) is 6.31. The number of sulfone groups is 1. The number of methoxy groups -OCH3 is 1. The van der Waals surface area contributed by atoms with Gasteiger partial charge in [-0.3, -0.25) is 0 Å². The molecule has 0 amide bonds. The van der Waals surface area contributed by atoms with Gasteiger partial charge in [0.1, 0.15) is 0 Å². The third-order valence-electron chi connectivity index (χ3n) is 2.34. The molecule has 0 radical (unpaired) electrons. The van der Waals surface area contributed by atoms with E-state index in [1.165, 1.54) is 18.2 Å². The van der Waals surface area contributed by atoms with Crippen molar-refractivity contribution in [2.75, 3.05) is 12.8 Å². The Morgan fingerprint density at radius 2 is 2.06 bits per heavy atom. The minimum atomic E-state index is -3.77. The largest absolute Gasteiger partial charge is 0.465 e. The zero-order valence-corrected chi connectivity index (χ0v) is 9.24. The maximum Gasteiger partial charge on any atom is 0.349 e. The standard InChI is InChI=1S/C10H9NO4S/c1-15-10(12)9-5-6-7(11)3-2-4-8(6)16(9,13)14/h2-5H,11H2,1H3. The summed E-state index contributed by atoms with van der Waals surface area (Å²) in [5.74, 6) is -0.879. The quantitative estimate of drug-likeness (QED) is 0.572. The Morgan fingerprint density at radius 3 is 2.62 bits per heavy atom. The molecule has 0 unspecified atom stereocenters. The molecule has 0 saturated heterocycles. The molecule has 1 heterocycles. The van der Waals surface area contributed by atoms with Crippen LogP contribution in [0, 0.1) is 0 Å². The average Bonchev–Trinajstić information content (AvgIpc) is 2.52. The van der Waals surface area contributed by atoms with Crippen LogP contribution in [0.2, 0.25) is 0 Å². The fourth-order valence-electron chi connectivity index (χ4n) is 1.55. The summed E-state index contributed by atoms with van der Waals surface area (Å²) in [6.45, 7) is 0. The van der Waals surface area contributed by atoms with Gasteiger partial charge in [0.15, 0.2) is 4.91 Å². The number of hydrogen-bond donors (Lipinski definition) is 1. The first-order chi connectivity index (χ1) is 7.48. The molecule has 1 aliphatic heterocycles. The van der Waals surface area contributed by atoms with Gasteiger partial charge in [0.2, 0.25) is 9.84 Å². The first-order valence-corrected chi connectivity index (χ1v) is 5.90. The SMILES string of the molecule is COC(=O)C1=Cc2c(N)cccc2S1(=O)=O. The van der Waals surface area contributed by atoms with E-state index in [-0.39, 0.29) is 9.80 Å². The molecule has 16 heavy (non-hydrogen) atoms. The number of benzene rings is 1. The molecule has 6 heteroatoms. The molecule has 0 atom stereocenters. The molecule has 0 saturated carbocycles. The van der Waals surface area contributed by atoms with Crippen LogP contribution in [0.5, 0.6) is 0 Å². The van der Waals surface area contributed by atoms with E-state index in [4.69, 9.17) is 5.73 Å². The van der Waals surface area contributed by atoms with Crippen LogP contribution >= 0.6 is 0 Å². The number of hydrogen-bond acceptors (Lipinski definition) is 5. The van der Waals surface area contributed by atoms with E-state index in [0.29, 0.717) is 11.3 Å². The first-order valence-electron chi connectivity index (χ1n) is 4.42. The Bertz CT molecular complexity index is 601. The van der Waals surface area contributed by atoms with Crippen LogP contribution in [-0.4, -0.2) is 21.5 Å². The van der Waals surface area contributed by atoms with Crippen molar-refractivity contribution in [1.82, 2.24) is 0 Å². The van der Waals surface area contributed by atoms with E-state index in [9.17, 15) is 13.2 Å². The van der Waals surface area contributed by atoms with Crippen molar-refractivity contribution in [1.29, 1.82) is 0 Å². The van der Waals surface area contributed by atoms with Gasteiger partial charge in [0.25, 0.3) is 0 Å². The Hall–Kier alpha value is -1.82. The van der Waals surface area contributed by atoms with Crippen LogP contribution in [0.4, 0.5) is 5.69 Å². The van der Waals surface area contributed by atoms with Crippen LogP contribution in [0.1, 0.15) is 5.56 Å². The molecule has 1 aromatic rings. The van der Waals surface area contributed by atoms with Gasteiger partial charge in [-0.25, -0.2) is 13.2 Å². The van der Waals surface area contributed by atoms with Gasteiger partial charge in [0.05, 0.1) is 12.0 Å². The molecule has 5 nitrogen and oxygen atoms in total. The number of fused-ring (bicyclic) bond motifs is 1. The Labute approximate surface area is 92.4 Å². The smallest absolute Gasteiger partial charge is 0.349 e. The summed E-state index contributed by atoms with van der Waals surface area (Å²) in [6.07, 6.45) is 1.24. The van der Waals surface area contributed by atoms with Gasteiger partial charge in [0, 0.05) is 11.3 Å². The van der Waals surface area contributed by atoms with Crippen molar-refractivity contribution in [2.45, 2.75) is 4.90 Å². The van der Waals surface area contributed by atoms with Crippen LogP contribution in [-0.2, 0) is 19.4 Å². The number of rotatable bonds is 1. The van der Waals surface area contributed by atoms with Crippen molar-refractivity contribution in [3.63, 3.8) is 0 Å². The van der Waals surface area contributed by atoms with Crippen molar-refractivity contribution < 1.29 is 17.9 Å². The number of nitrogens with two attached hydrogens (primary N) is 1. The van der Waals surface area contributed by atoms with E-state index >= 15 is 0 Å². The summed E-state index contributed by atoms with van der Waals surface area (Å²) in [4.78, 5) is 11.0. The maximum atomic E-state index is 11.9. The third kappa shape index (κ3) is 1.30. The molecular formula is C10H9NO4S. The van der Waals surface area contributed by atoms with E-state index < -0.39 is 15.8 Å². The number of ether oxygens (including phenoxy) is 1. The average molecular weight is 239 g/mol. The fraction of sp³-hybridized carbons (Fsp3) is 0.100. The molecular weight excluding hydrogens is 230 g/mol. The predicted molar refractivity (Wildman–Crippen MR) is 58.0 cm³/mol. The van der Waals surface area contributed by atoms with Gasteiger partial charge in [-0.2, -0.15) is 0 Å². The number of anilines is 1. The van der Waals surface area contributed by atoms with Crippen molar-refractivity contribution in [3.05, 3.63) is 28.7 Å². The minimum absolute atomic E-state index is 0.0490. The van der Waals surface area contributed by atoms with Gasteiger partial charge in [-0.05, 0) is 18.2 Å². The summed E-state index contributed by atoms with van der Waals surface area (Å²) in [5, 5.41) is 0. The summed E-state index contributed by atoms with van der Waals surface area (Å²) >= 11 is 0. The van der Waals surface area contributed by atoms with Gasteiger partial charge < -0.3 is 10.5 Å². The Kier molecular flexibility index (Phi) is 2.23. The third-order valence-corrected chi connectivity index (χ3v) is 4.14. The summed E-state index contributed by atoms with van der Waals surface area (Å²) in [6, 6.07) is 4.51. The van der Waals surface area contributed by atoms with E-state index in [1.54, 1.807) is 6.07 Å². The highest BCUT2D eigenvalue weighted by Crippen LogP contribution is 2.36. The molecule has 0 aliphatic carbocycles. The number of carbonyl (C=O) groups is 1. The topological polar surface area (TPSA) is 86.5 Å². The fourth-order valence-corrected chi connectivity index (χ4v) is 3.08. The Balaban J connectivity index is 2.71. The van der Waals surface area contributed by atoms with Crippen LogP contribution in [0.3, 0.4) is 0 Å². The van der Waals surface area contributed by atoms with Crippen molar-refractivity contribution in [2.24, 2.45) is 0 Å². The van der Waals surface area contributed by atoms with Crippen LogP contribution in [0.25, 0.3) is 6.08 Å². The lowest BCUT2D eigenvalue weighted by Crippen LogP contribution is -2.11. The summed E-state index contributed by atoms with van der Waals surface area (Å²) < 4.78 is 28.2. The number of esters is 1. The molecule has 2 N–H and O–H groups in total. The second-order valence-electron chi connectivity index (χ2n) is 3.26. The molecule has 1 aliphatic rings.